The summed E-state index contributed by atoms with van der Waals surface area (Å²) in [7, 11) is 1.95. The predicted molar refractivity (Wildman–Crippen MR) is 66.3 cm³/mol. The van der Waals surface area contributed by atoms with E-state index in [9.17, 15) is 4.79 Å². The Morgan fingerprint density at radius 2 is 2.06 bits per heavy atom. The molecule has 0 aliphatic rings. The van der Waals surface area contributed by atoms with Gasteiger partial charge in [0.25, 0.3) is 0 Å². The smallest absolute Gasteiger partial charge is 0.234 e. The van der Waals surface area contributed by atoms with Crippen molar-refractivity contribution in [1.29, 1.82) is 0 Å². The average Bonchev–Trinajstić information content (AvgIpc) is 2.24. The van der Waals surface area contributed by atoms with Gasteiger partial charge in [-0.3, -0.25) is 9.69 Å². The Bertz CT molecular complexity index is 186. The van der Waals surface area contributed by atoms with Gasteiger partial charge in [-0.1, -0.05) is 6.92 Å². The van der Waals surface area contributed by atoms with Crippen molar-refractivity contribution in [1.82, 2.24) is 10.2 Å². The molecule has 0 radical (unpaired) electrons. The maximum Gasteiger partial charge on any atom is 0.234 e. The van der Waals surface area contributed by atoms with Gasteiger partial charge in [-0.25, -0.2) is 0 Å². The lowest BCUT2D eigenvalue weighted by Gasteiger charge is -2.18. The molecule has 1 atom stereocenters. The Morgan fingerprint density at radius 1 is 1.38 bits per heavy atom. The summed E-state index contributed by atoms with van der Waals surface area (Å²) in [5.74, 6) is 0.0963. The highest BCUT2D eigenvalue weighted by atomic mass is 16.2. The third kappa shape index (κ3) is 8.68. The zero-order chi connectivity index (χ0) is 12.4. The minimum atomic E-state index is 0.0963. The van der Waals surface area contributed by atoms with Gasteiger partial charge >= 0.3 is 0 Å². The van der Waals surface area contributed by atoms with E-state index in [1.165, 1.54) is 0 Å². The number of carbonyl (C=O) groups excluding carboxylic acids is 1. The first kappa shape index (κ1) is 15.4. The average molecular weight is 230 g/mol. The van der Waals surface area contributed by atoms with Crippen LogP contribution in [0.15, 0.2) is 0 Å². The summed E-state index contributed by atoms with van der Waals surface area (Å²) in [6.07, 6.45) is 3.88. The number of nitrogens with one attached hydrogen (secondary N) is 1. The lowest BCUT2D eigenvalue weighted by molar-refractivity contribution is -0.122. The van der Waals surface area contributed by atoms with E-state index in [1.807, 2.05) is 18.9 Å². The van der Waals surface area contributed by atoms with Crippen molar-refractivity contribution in [2.24, 2.45) is 0 Å². The van der Waals surface area contributed by atoms with Crippen LogP contribution in [0.2, 0.25) is 0 Å². The fourth-order valence-electron chi connectivity index (χ4n) is 1.42. The fourth-order valence-corrected chi connectivity index (χ4v) is 1.42. The summed E-state index contributed by atoms with van der Waals surface area (Å²) >= 11 is 0. The van der Waals surface area contributed by atoms with Gasteiger partial charge in [-0.15, -0.1) is 0 Å². The van der Waals surface area contributed by atoms with Crippen molar-refractivity contribution >= 4 is 5.91 Å². The van der Waals surface area contributed by atoms with E-state index in [-0.39, 0.29) is 18.6 Å². The number of carbonyl (C=O) groups is 1. The van der Waals surface area contributed by atoms with Gasteiger partial charge in [0.15, 0.2) is 0 Å². The maximum atomic E-state index is 11.5. The second kappa shape index (κ2) is 9.60. The topological polar surface area (TPSA) is 52.6 Å². The third-order valence-electron chi connectivity index (χ3n) is 2.63. The first-order valence-corrected chi connectivity index (χ1v) is 6.18. The highest BCUT2D eigenvalue weighted by Gasteiger charge is 2.08. The lowest BCUT2D eigenvalue weighted by atomic mass is 10.2. The third-order valence-corrected chi connectivity index (χ3v) is 2.63. The molecule has 0 fully saturated rings. The largest absolute Gasteiger partial charge is 0.396 e. The normalized spacial score (nSPS) is 12.8. The van der Waals surface area contributed by atoms with E-state index < -0.39 is 0 Å². The summed E-state index contributed by atoms with van der Waals surface area (Å²) in [6, 6.07) is 0.260. The standard InChI is InChI=1S/C12H26N2O2/c1-4-11(2)13-12(16)10-14(3)8-6-5-7-9-15/h11,15H,4-10H2,1-3H3,(H,13,16). The summed E-state index contributed by atoms with van der Waals surface area (Å²) < 4.78 is 0. The molecule has 0 saturated carbocycles. The number of hydrogen-bond donors (Lipinski definition) is 2. The van der Waals surface area contributed by atoms with Gasteiger partial charge in [-0.2, -0.15) is 0 Å². The van der Waals surface area contributed by atoms with Crippen LogP contribution in [0.5, 0.6) is 0 Å². The molecule has 4 heteroatoms. The van der Waals surface area contributed by atoms with E-state index in [0.717, 1.165) is 32.2 Å². The van der Waals surface area contributed by atoms with E-state index in [4.69, 9.17) is 5.11 Å². The summed E-state index contributed by atoms with van der Waals surface area (Å²) in [5.41, 5.74) is 0. The number of hydrogen-bond acceptors (Lipinski definition) is 3. The number of aliphatic hydroxyl groups is 1. The van der Waals surface area contributed by atoms with Crippen LogP contribution in [0.3, 0.4) is 0 Å². The molecule has 0 aromatic rings. The minimum Gasteiger partial charge on any atom is -0.396 e. The van der Waals surface area contributed by atoms with Crippen LogP contribution in [0.1, 0.15) is 39.5 Å². The van der Waals surface area contributed by atoms with Crippen molar-refractivity contribution in [3.8, 4) is 0 Å². The van der Waals surface area contributed by atoms with Gasteiger partial charge in [0.05, 0.1) is 6.54 Å². The van der Waals surface area contributed by atoms with Crippen molar-refractivity contribution in [2.45, 2.75) is 45.6 Å². The van der Waals surface area contributed by atoms with Crippen LogP contribution in [0.4, 0.5) is 0 Å². The van der Waals surface area contributed by atoms with Crippen LogP contribution in [-0.2, 0) is 4.79 Å². The van der Waals surface area contributed by atoms with Crippen molar-refractivity contribution in [3.05, 3.63) is 0 Å². The number of amides is 1. The predicted octanol–water partition coefficient (Wildman–Crippen LogP) is 0.995. The molecule has 2 N–H and O–H groups in total. The Hall–Kier alpha value is -0.610. The molecule has 0 saturated heterocycles. The first-order valence-electron chi connectivity index (χ1n) is 6.18. The van der Waals surface area contributed by atoms with Crippen molar-refractivity contribution < 1.29 is 9.90 Å². The van der Waals surface area contributed by atoms with Gasteiger partial charge in [-0.05, 0) is 46.2 Å². The second-order valence-electron chi connectivity index (χ2n) is 4.40. The molecule has 0 heterocycles. The van der Waals surface area contributed by atoms with Gasteiger partial charge < -0.3 is 10.4 Å². The minimum absolute atomic E-state index is 0.0963. The molecule has 0 aromatic heterocycles. The molecule has 0 spiro atoms. The molecule has 0 aliphatic heterocycles. The molecule has 0 aromatic carbocycles. The summed E-state index contributed by atoms with van der Waals surface area (Å²) in [4.78, 5) is 13.5. The first-order chi connectivity index (χ1) is 7.60. The molecule has 1 unspecified atom stereocenters. The molecule has 16 heavy (non-hydrogen) atoms. The van der Waals surface area contributed by atoms with Crippen molar-refractivity contribution in [2.75, 3.05) is 26.7 Å². The van der Waals surface area contributed by atoms with Gasteiger partial charge in [0, 0.05) is 12.6 Å². The van der Waals surface area contributed by atoms with E-state index >= 15 is 0 Å². The molecule has 96 valence electrons. The van der Waals surface area contributed by atoms with Crippen LogP contribution in [0.25, 0.3) is 0 Å². The lowest BCUT2D eigenvalue weighted by Crippen LogP contribution is -2.39. The number of unbranched alkanes of at least 4 members (excludes halogenated alkanes) is 2. The van der Waals surface area contributed by atoms with Gasteiger partial charge in [0.1, 0.15) is 0 Å². The Kier molecular flexibility index (Phi) is 9.24. The molecule has 1 amide bonds. The summed E-state index contributed by atoms with van der Waals surface area (Å²) in [6.45, 7) is 5.71. The monoisotopic (exact) mass is 230 g/mol. The maximum absolute atomic E-state index is 11.5. The quantitative estimate of drug-likeness (QED) is 0.581. The molecule has 0 aliphatic carbocycles. The Morgan fingerprint density at radius 3 is 2.62 bits per heavy atom. The number of nitrogens with zero attached hydrogens (tertiary/aromatic N) is 1. The highest BCUT2D eigenvalue weighted by Crippen LogP contribution is 1.96. The van der Waals surface area contributed by atoms with Crippen LogP contribution in [0, 0.1) is 0 Å². The van der Waals surface area contributed by atoms with Gasteiger partial charge in [0.2, 0.25) is 5.91 Å². The second-order valence-corrected chi connectivity index (χ2v) is 4.40. The van der Waals surface area contributed by atoms with Crippen LogP contribution < -0.4 is 5.32 Å². The van der Waals surface area contributed by atoms with E-state index in [0.29, 0.717) is 6.54 Å². The van der Waals surface area contributed by atoms with E-state index in [1.54, 1.807) is 0 Å². The molecular formula is C12H26N2O2. The summed E-state index contributed by atoms with van der Waals surface area (Å²) in [5, 5.41) is 11.6. The van der Waals surface area contributed by atoms with Crippen LogP contribution in [-0.4, -0.2) is 48.7 Å². The number of aliphatic hydroxyl groups excluding tert-OH is 1. The zero-order valence-electron chi connectivity index (χ0n) is 10.8. The number of rotatable bonds is 9. The van der Waals surface area contributed by atoms with E-state index in [2.05, 4.69) is 12.2 Å². The molecule has 0 bridgehead atoms. The molecule has 4 nitrogen and oxygen atoms in total. The number of likely N-dealkylation sites (N-methyl/N-ethyl adjacent to an activating group) is 1. The highest BCUT2D eigenvalue weighted by molar-refractivity contribution is 5.78. The molecular weight excluding hydrogens is 204 g/mol. The molecule has 0 rings (SSSR count). The van der Waals surface area contributed by atoms with Crippen molar-refractivity contribution in [3.63, 3.8) is 0 Å². The SMILES string of the molecule is CCC(C)NC(=O)CN(C)CCCCCO. The Balaban J connectivity index is 3.54. The Labute approximate surface area is 99.0 Å². The van der Waals surface area contributed by atoms with Crippen LogP contribution >= 0.6 is 0 Å². The zero-order valence-corrected chi connectivity index (χ0v) is 10.8. The fraction of sp³-hybridized carbons (Fsp3) is 0.917.